The number of amides is 1. The molecule has 1 heterocycles. The lowest BCUT2D eigenvalue weighted by Crippen LogP contribution is -2.40. The zero-order chi connectivity index (χ0) is 14.5. The minimum atomic E-state index is -0.224. The molecule has 110 valence electrons. The molecule has 2 rings (SSSR count). The summed E-state index contributed by atoms with van der Waals surface area (Å²) in [5.74, 6) is 0.615. The molecule has 0 aromatic heterocycles. The lowest BCUT2D eigenvalue weighted by molar-refractivity contribution is -0.142. The molecule has 1 amide bonds. The predicted molar refractivity (Wildman–Crippen MR) is 80.4 cm³/mol. The van der Waals surface area contributed by atoms with Crippen LogP contribution in [0.15, 0.2) is 24.3 Å². The first-order chi connectivity index (χ1) is 9.58. The Hall–Kier alpha value is -1.35. The number of ether oxygens (including phenoxy) is 1. The summed E-state index contributed by atoms with van der Waals surface area (Å²) in [6.45, 7) is 8.58. The van der Waals surface area contributed by atoms with Gasteiger partial charge in [-0.2, -0.15) is 0 Å². The zero-order valence-corrected chi connectivity index (χ0v) is 12.8. The Morgan fingerprint density at radius 3 is 2.75 bits per heavy atom. The van der Waals surface area contributed by atoms with Gasteiger partial charge >= 0.3 is 0 Å². The van der Waals surface area contributed by atoms with Crippen molar-refractivity contribution in [3.63, 3.8) is 0 Å². The van der Waals surface area contributed by atoms with Gasteiger partial charge in [0.05, 0.1) is 0 Å². The fraction of sp³-hybridized carbons (Fsp3) is 0.588. The van der Waals surface area contributed by atoms with Crippen molar-refractivity contribution in [1.29, 1.82) is 0 Å². The van der Waals surface area contributed by atoms with Crippen LogP contribution in [0, 0.1) is 12.8 Å². The van der Waals surface area contributed by atoms with Crippen LogP contribution in [0.5, 0.6) is 0 Å². The molecule has 0 radical (unpaired) electrons. The molecule has 20 heavy (non-hydrogen) atoms. The fourth-order valence-electron chi connectivity index (χ4n) is 2.64. The molecule has 1 aromatic carbocycles. The van der Waals surface area contributed by atoms with Crippen LogP contribution >= 0.6 is 0 Å². The highest BCUT2D eigenvalue weighted by Crippen LogP contribution is 2.18. The fourth-order valence-corrected chi connectivity index (χ4v) is 2.64. The highest BCUT2D eigenvalue weighted by Gasteiger charge is 2.28. The molecule has 0 N–H and O–H groups in total. The molecule has 1 atom stereocenters. The van der Waals surface area contributed by atoms with E-state index in [0.717, 1.165) is 26.0 Å². The largest absolute Gasteiger partial charge is 0.368 e. The SMILES string of the molecule is Cc1ccccc1CN(CC(C)C)C(=O)C1CCCO1. The van der Waals surface area contributed by atoms with Crippen molar-refractivity contribution < 1.29 is 9.53 Å². The van der Waals surface area contributed by atoms with Gasteiger partial charge in [-0.15, -0.1) is 0 Å². The second kappa shape index (κ2) is 6.89. The number of hydrogen-bond acceptors (Lipinski definition) is 2. The predicted octanol–water partition coefficient (Wildman–Crippen LogP) is 3.16. The van der Waals surface area contributed by atoms with Gasteiger partial charge in [-0.05, 0) is 36.8 Å². The van der Waals surface area contributed by atoms with Crippen molar-refractivity contribution in [3.8, 4) is 0 Å². The first-order valence-electron chi connectivity index (χ1n) is 7.53. The van der Waals surface area contributed by atoms with Gasteiger partial charge in [0, 0.05) is 19.7 Å². The average molecular weight is 275 g/mol. The standard InChI is InChI=1S/C17H25NO2/c1-13(2)11-18(17(19)16-9-6-10-20-16)12-15-8-5-4-7-14(15)3/h4-5,7-8,13,16H,6,9-12H2,1-3H3. The van der Waals surface area contributed by atoms with E-state index in [1.54, 1.807) is 0 Å². The third-order valence-electron chi connectivity index (χ3n) is 3.72. The first kappa shape index (κ1) is 15.0. The summed E-state index contributed by atoms with van der Waals surface area (Å²) >= 11 is 0. The molecule has 1 aliphatic heterocycles. The van der Waals surface area contributed by atoms with Crippen LogP contribution < -0.4 is 0 Å². The van der Waals surface area contributed by atoms with Crippen LogP contribution in [-0.2, 0) is 16.1 Å². The number of rotatable bonds is 5. The lowest BCUT2D eigenvalue weighted by atomic mass is 10.1. The Labute approximate surface area is 121 Å². The Morgan fingerprint density at radius 1 is 1.40 bits per heavy atom. The molecule has 0 spiro atoms. The van der Waals surface area contributed by atoms with E-state index in [1.807, 2.05) is 17.0 Å². The molecule has 0 saturated carbocycles. The molecule has 3 heteroatoms. The molecule has 1 aromatic rings. The topological polar surface area (TPSA) is 29.5 Å². The van der Waals surface area contributed by atoms with E-state index in [4.69, 9.17) is 4.74 Å². The van der Waals surface area contributed by atoms with Crippen LogP contribution in [-0.4, -0.2) is 30.1 Å². The Balaban J connectivity index is 2.10. The maximum atomic E-state index is 12.6. The van der Waals surface area contributed by atoms with Crippen molar-refractivity contribution >= 4 is 5.91 Å². The Kier molecular flexibility index (Phi) is 5.18. The number of benzene rings is 1. The van der Waals surface area contributed by atoms with Gasteiger partial charge < -0.3 is 9.64 Å². The number of hydrogen-bond donors (Lipinski definition) is 0. The van der Waals surface area contributed by atoms with Crippen LogP contribution in [0.1, 0.15) is 37.8 Å². The van der Waals surface area contributed by atoms with Crippen molar-refractivity contribution in [1.82, 2.24) is 4.90 Å². The Bertz CT molecular complexity index is 450. The van der Waals surface area contributed by atoms with E-state index in [2.05, 4.69) is 32.9 Å². The van der Waals surface area contributed by atoms with Gasteiger partial charge in [-0.1, -0.05) is 38.1 Å². The van der Waals surface area contributed by atoms with Gasteiger partial charge in [0.25, 0.3) is 5.91 Å². The average Bonchev–Trinajstić information content (AvgIpc) is 2.93. The van der Waals surface area contributed by atoms with Crippen molar-refractivity contribution in [2.75, 3.05) is 13.2 Å². The van der Waals surface area contributed by atoms with Gasteiger partial charge in [0.15, 0.2) is 0 Å². The third-order valence-corrected chi connectivity index (χ3v) is 3.72. The highest BCUT2D eigenvalue weighted by atomic mass is 16.5. The maximum absolute atomic E-state index is 12.6. The van der Waals surface area contributed by atoms with E-state index in [-0.39, 0.29) is 12.0 Å². The quantitative estimate of drug-likeness (QED) is 0.826. The number of carbonyl (C=O) groups is 1. The molecule has 1 aliphatic rings. The second-order valence-corrected chi connectivity index (χ2v) is 6.04. The summed E-state index contributed by atoms with van der Waals surface area (Å²) in [5.41, 5.74) is 2.46. The summed E-state index contributed by atoms with van der Waals surface area (Å²) in [5, 5.41) is 0. The van der Waals surface area contributed by atoms with Crippen molar-refractivity contribution in [3.05, 3.63) is 35.4 Å². The van der Waals surface area contributed by atoms with Crippen LogP contribution in [0.3, 0.4) is 0 Å². The molecular weight excluding hydrogens is 250 g/mol. The zero-order valence-electron chi connectivity index (χ0n) is 12.8. The molecule has 1 unspecified atom stereocenters. The van der Waals surface area contributed by atoms with E-state index in [1.165, 1.54) is 11.1 Å². The summed E-state index contributed by atoms with van der Waals surface area (Å²) in [4.78, 5) is 14.6. The monoisotopic (exact) mass is 275 g/mol. The van der Waals surface area contributed by atoms with Crippen molar-refractivity contribution in [2.45, 2.75) is 46.3 Å². The van der Waals surface area contributed by atoms with Crippen LogP contribution in [0.4, 0.5) is 0 Å². The molecule has 3 nitrogen and oxygen atoms in total. The van der Waals surface area contributed by atoms with E-state index >= 15 is 0 Å². The molecule has 0 aliphatic carbocycles. The minimum Gasteiger partial charge on any atom is -0.368 e. The summed E-state index contributed by atoms with van der Waals surface area (Å²) in [7, 11) is 0. The molecule has 1 fully saturated rings. The number of nitrogens with zero attached hydrogens (tertiary/aromatic N) is 1. The van der Waals surface area contributed by atoms with Gasteiger partial charge in [-0.3, -0.25) is 4.79 Å². The first-order valence-corrected chi connectivity index (χ1v) is 7.53. The maximum Gasteiger partial charge on any atom is 0.252 e. The third kappa shape index (κ3) is 3.83. The number of aryl methyl sites for hydroxylation is 1. The lowest BCUT2D eigenvalue weighted by Gasteiger charge is -2.27. The molecule has 1 saturated heterocycles. The summed E-state index contributed by atoms with van der Waals surface area (Å²) in [6.07, 6.45) is 1.63. The van der Waals surface area contributed by atoms with Crippen LogP contribution in [0.2, 0.25) is 0 Å². The van der Waals surface area contributed by atoms with Crippen LogP contribution in [0.25, 0.3) is 0 Å². The summed E-state index contributed by atoms with van der Waals surface area (Å²) in [6, 6.07) is 8.27. The highest BCUT2D eigenvalue weighted by molar-refractivity contribution is 5.81. The number of carbonyl (C=O) groups excluding carboxylic acids is 1. The van der Waals surface area contributed by atoms with E-state index in [9.17, 15) is 4.79 Å². The Morgan fingerprint density at radius 2 is 2.15 bits per heavy atom. The second-order valence-electron chi connectivity index (χ2n) is 6.04. The smallest absolute Gasteiger partial charge is 0.252 e. The summed E-state index contributed by atoms with van der Waals surface area (Å²) < 4.78 is 5.55. The molecular formula is C17H25NO2. The van der Waals surface area contributed by atoms with Crippen molar-refractivity contribution in [2.24, 2.45) is 5.92 Å². The van der Waals surface area contributed by atoms with Gasteiger partial charge in [0.2, 0.25) is 0 Å². The van der Waals surface area contributed by atoms with E-state index in [0.29, 0.717) is 12.5 Å². The van der Waals surface area contributed by atoms with Gasteiger partial charge in [0.1, 0.15) is 6.10 Å². The minimum absolute atomic E-state index is 0.152. The molecule has 0 bridgehead atoms. The van der Waals surface area contributed by atoms with E-state index < -0.39 is 0 Å². The normalized spacial score (nSPS) is 18.5. The van der Waals surface area contributed by atoms with Gasteiger partial charge in [-0.25, -0.2) is 0 Å².